The summed E-state index contributed by atoms with van der Waals surface area (Å²) in [6, 6.07) is 7.29. The molecule has 0 atom stereocenters. The highest BCUT2D eigenvalue weighted by Gasteiger charge is 2.11. The van der Waals surface area contributed by atoms with Gasteiger partial charge in [0.25, 0.3) is 0 Å². The number of benzene rings is 1. The predicted octanol–water partition coefficient (Wildman–Crippen LogP) is 1.78. The van der Waals surface area contributed by atoms with E-state index in [-0.39, 0.29) is 18.1 Å². The van der Waals surface area contributed by atoms with Gasteiger partial charge in [0.1, 0.15) is 5.82 Å². The van der Waals surface area contributed by atoms with Crippen LogP contribution in [-0.2, 0) is 29.4 Å². The van der Waals surface area contributed by atoms with Gasteiger partial charge in [-0.3, -0.25) is 0 Å². The number of rotatable bonds is 5. The van der Waals surface area contributed by atoms with E-state index in [1.165, 1.54) is 24.3 Å². The molecule has 0 saturated heterocycles. The van der Waals surface area contributed by atoms with Crippen molar-refractivity contribution in [1.29, 1.82) is 0 Å². The van der Waals surface area contributed by atoms with Crippen molar-refractivity contribution in [2.75, 3.05) is 0 Å². The van der Waals surface area contributed by atoms with Crippen molar-refractivity contribution < 1.29 is 12.8 Å². The van der Waals surface area contributed by atoms with E-state index in [9.17, 15) is 12.8 Å². The van der Waals surface area contributed by atoms with E-state index in [4.69, 9.17) is 0 Å². The highest BCUT2D eigenvalue weighted by Crippen LogP contribution is 2.07. The van der Waals surface area contributed by atoms with Crippen LogP contribution >= 0.6 is 0 Å². The molecule has 102 valence electrons. The number of nitrogens with one attached hydrogen (secondary N) is 1. The van der Waals surface area contributed by atoms with Crippen LogP contribution in [0.4, 0.5) is 4.39 Å². The summed E-state index contributed by atoms with van der Waals surface area (Å²) in [5.74, 6) is -0.529. The number of halogens is 1. The van der Waals surface area contributed by atoms with E-state index in [0.717, 1.165) is 5.56 Å². The number of aryl methyl sites for hydroxylation is 1. The van der Waals surface area contributed by atoms with Gasteiger partial charge in [0.05, 0.1) is 5.75 Å². The first-order valence-electron chi connectivity index (χ1n) is 5.77. The topological polar surface area (TPSA) is 51.1 Å². The molecule has 0 unspecified atom stereocenters. The van der Waals surface area contributed by atoms with Gasteiger partial charge in [-0.1, -0.05) is 12.1 Å². The van der Waals surface area contributed by atoms with Crippen LogP contribution in [0.2, 0.25) is 0 Å². The molecule has 1 aromatic heterocycles. The standard InChI is InChI=1S/C13H15FN2O2S/c1-16-7-6-12(9-16)8-15-19(17,18)10-11-2-4-13(14)5-3-11/h2-7,9,15H,8,10H2,1H3. The van der Waals surface area contributed by atoms with Crippen molar-refractivity contribution in [2.24, 2.45) is 7.05 Å². The van der Waals surface area contributed by atoms with Crippen LogP contribution < -0.4 is 4.72 Å². The fraction of sp³-hybridized carbons (Fsp3) is 0.231. The van der Waals surface area contributed by atoms with E-state index >= 15 is 0 Å². The van der Waals surface area contributed by atoms with Gasteiger partial charge in [0.15, 0.2) is 0 Å². The zero-order chi connectivity index (χ0) is 13.9. The van der Waals surface area contributed by atoms with Crippen molar-refractivity contribution in [3.05, 3.63) is 59.7 Å². The molecule has 0 radical (unpaired) electrons. The minimum Gasteiger partial charge on any atom is -0.357 e. The highest BCUT2D eigenvalue weighted by atomic mass is 32.2. The largest absolute Gasteiger partial charge is 0.357 e. The zero-order valence-corrected chi connectivity index (χ0v) is 11.3. The van der Waals surface area contributed by atoms with Gasteiger partial charge in [-0.15, -0.1) is 0 Å². The van der Waals surface area contributed by atoms with Crippen molar-refractivity contribution in [1.82, 2.24) is 9.29 Å². The summed E-state index contributed by atoms with van der Waals surface area (Å²) in [6.45, 7) is 0.254. The Balaban J connectivity index is 1.97. The lowest BCUT2D eigenvalue weighted by Crippen LogP contribution is -2.24. The number of aromatic nitrogens is 1. The van der Waals surface area contributed by atoms with E-state index in [2.05, 4.69) is 4.72 Å². The third-order valence-corrected chi connectivity index (χ3v) is 3.96. The fourth-order valence-corrected chi connectivity index (χ4v) is 2.83. The summed E-state index contributed by atoms with van der Waals surface area (Å²) < 4.78 is 40.8. The average molecular weight is 282 g/mol. The Bertz CT molecular complexity index is 648. The molecular formula is C13H15FN2O2S. The van der Waals surface area contributed by atoms with Crippen LogP contribution in [0.15, 0.2) is 42.7 Å². The molecule has 0 aliphatic rings. The third kappa shape index (κ3) is 4.18. The molecular weight excluding hydrogens is 267 g/mol. The molecule has 0 aliphatic heterocycles. The Kier molecular flexibility index (Phi) is 4.01. The summed E-state index contributed by atoms with van der Waals surface area (Å²) in [7, 11) is -1.55. The fourth-order valence-electron chi connectivity index (χ4n) is 1.71. The molecule has 0 fully saturated rings. The normalized spacial score (nSPS) is 11.7. The van der Waals surface area contributed by atoms with E-state index in [0.29, 0.717) is 5.56 Å². The number of hydrogen-bond donors (Lipinski definition) is 1. The van der Waals surface area contributed by atoms with Crippen LogP contribution in [0, 0.1) is 5.82 Å². The second-order valence-electron chi connectivity index (χ2n) is 4.39. The smallest absolute Gasteiger partial charge is 0.216 e. The number of sulfonamides is 1. The maximum absolute atomic E-state index is 12.7. The van der Waals surface area contributed by atoms with Gasteiger partial charge in [0, 0.05) is 26.0 Å². The van der Waals surface area contributed by atoms with Crippen LogP contribution in [0.3, 0.4) is 0 Å². The Morgan fingerprint density at radius 1 is 1.16 bits per heavy atom. The molecule has 1 N–H and O–H groups in total. The van der Waals surface area contributed by atoms with E-state index < -0.39 is 10.0 Å². The second kappa shape index (κ2) is 5.54. The molecule has 19 heavy (non-hydrogen) atoms. The van der Waals surface area contributed by atoms with Crippen molar-refractivity contribution in [3.63, 3.8) is 0 Å². The molecule has 4 nitrogen and oxygen atoms in total. The quantitative estimate of drug-likeness (QED) is 0.909. The van der Waals surface area contributed by atoms with Crippen molar-refractivity contribution in [3.8, 4) is 0 Å². The summed E-state index contributed by atoms with van der Waals surface area (Å²) in [6.07, 6.45) is 3.70. The lowest BCUT2D eigenvalue weighted by atomic mass is 10.2. The first kappa shape index (κ1) is 13.8. The summed E-state index contributed by atoms with van der Waals surface area (Å²) in [5.41, 5.74) is 1.45. The molecule has 0 spiro atoms. The molecule has 2 aromatic rings. The SMILES string of the molecule is Cn1ccc(CNS(=O)(=O)Cc2ccc(F)cc2)c1. The van der Waals surface area contributed by atoms with Crippen LogP contribution in [0.5, 0.6) is 0 Å². The Morgan fingerprint density at radius 2 is 1.84 bits per heavy atom. The van der Waals surface area contributed by atoms with Gasteiger partial charge < -0.3 is 4.57 Å². The van der Waals surface area contributed by atoms with Crippen molar-refractivity contribution >= 4 is 10.0 Å². The maximum Gasteiger partial charge on any atom is 0.216 e. The molecule has 0 amide bonds. The first-order valence-corrected chi connectivity index (χ1v) is 7.42. The Hall–Kier alpha value is -1.66. The van der Waals surface area contributed by atoms with Gasteiger partial charge in [0.2, 0.25) is 10.0 Å². The third-order valence-electron chi connectivity index (χ3n) is 2.66. The Labute approximate surface area is 111 Å². The minimum absolute atomic E-state index is 0.153. The molecule has 0 aliphatic carbocycles. The lowest BCUT2D eigenvalue weighted by Gasteiger charge is -2.06. The van der Waals surface area contributed by atoms with Crippen LogP contribution in [0.1, 0.15) is 11.1 Å². The number of hydrogen-bond acceptors (Lipinski definition) is 2. The maximum atomic E-state index is 12.7. The van der Waals surface area contributed by atoms with Gasteiger partial charge in [-0.25, -0.2) is 17.5 Å². The molecule has 0 saturated carbocycles. The highest BCUT2D eigenvalue weighted by molar-refractivity contribution is 7.88. The summed E-state index contributed by atoms with van der Waals surface area (Å²) >= 11 is 0. The zero-order valence-electron chi connectivity index (χ0n) is 10.5. The van der Waals surface area contributed by atoms with Gasteiger partial charge in [-0.05, 0) is 29.3 Å². The molecule has 2 rings (SSSR count). The first-order chi connectivity index (χ1) is 8.94. The minimum atomic E-state index is -3.42. The van der Waals surface area contributed by atoms with Crippen molar-refractivity contribution in [2.45, 2.75) is 12.3 Å². The van der Waals surface area contributed by atoms with Gasteiger partial charge >= 0.3 is 0 Å². The summed E-state index contributed by atoms with van der Waals surface area (Å²) in [5, 5.41) is 0. The van der Waals surface area contributed by atoms with Crippen LogP contribution in [-0.4, -0.2) is 13.0 Å². The molecule has 1 heterocycles. The van der Waals surface area contributed by atoms with Gasteiger partial charge in [-0.2, -0.15) is 0 Å². The Morgan fingerprint density at radius 3 is 2.42 bits per heavy atom. The predicted molar refractivity (Wildman–Crippen MR) is 71.3 cm³/mol. The van der Waals surface area contributed by atoms with E-state index in [1.807, 2.05) is 30.1 Å². The molecule has 0 bridgehead atoms. The molecule has 6 heteroatoms. The molecule has 1 aromatic carbocycles. The monoisotopic (exact) mass is 282 g/mol. The number of nitrogens with zero attached hydrogens (tertiary/aromatic N) is 1. The summed E-state index contributed by atoms with van der Waals surface area (Å²) in [4.78, 5) is 0. The second-order valence-corrected chi connectivity index (χ2v) is 6.20. The van der Waals surface area contributed by atoms with Crippen LogP contribution in [0.25, 0.3) is 0 Å². The average Bonchev–Trinajstić information content (AvgIpc) is 2.76. The lowest BCUT2D eigenvalue weighted by molar-refractivity contribution is 0.580. The van der Waals surface area contributed by atoms with E-state index in [1.54, 1.807) is 0 Å².